The van der Waals surface area contributed by atoms with E-state index in [1.807, 2.05) is 18.2 Å². The van der Waals surface area contributed by atoms with Crippen LogP contribution in [0.15, 0.2) is 34.0 Å². The lowest BCUT2D eigenvalue weighted by molar-refractivity contribution is 0.0948. The summed E-state index contributed by atoms with van der Waals surface area (Å²) >= 11 is 0. The summed E-state index contributed by atoms with van der Waals surface area (Å²) in [6.45, 7) is 2.30. The zero-order valence-electron chi connectivity index (χ0n) is 16.4. The molecule has 0 spiro atoms. The third kappa shape index (κ3) is 3.98. The fourth-order valence-corrected chi connectivity index (χ4v) is 3.27. The van der Waals surface area contributed by atoms with Gasteiger partial charge in [-0.3, -0.25) is 9.69 Å². The van der Waals surface area contributed by atoms with Crippen molar-refractivity contribution in [3.8, 4) is 11.6 Å². The first-order chi connectivity index (χ1) is 14.7. The Balaban J connectivity index is 1.58. The summed E-state index contributed by atoms with van der Waals surface area (Å²) in [6, 6.07) is 7.33. The van der Waals surface area contributed by atoms with Gasteiger partial charge in [-0.25, -0.2) is 10.1 Å². The van der Waals surface area contributed by atoms with Gasteiger partial charge in [0.15, 0.2) is 5.69 Å². The minimum absolute atomic E-state index is 0.0590. The van der Waals surface area contributed by atoms with Crippen LogP contribution in [0.3, 0.4) is 0 Å². The standard InChI is InChI=1S/C18H21N9O3/c1-29-14-7-3-2-6-12(14)10-20-22-18(28)15-13(11-26-8-4-5-9-26)27(25-21-15)17-16(19)23-30-24-17/h2-3,6-7,10H,4-5,8-9,11H2,1H3,(H2,19,23)(H,22,28)/b20-10-. The van der Waals surface area contributed by atoms with Gasteiger partial charge in [-0.1, -0.05) is 17.3 Å². The van der Waals surface area contributed by atoms with Crippen LogP contribution in [-0.4, -0.2) is 62.5 Å². The molecule has 0 bridgehead atoms. The highest BCUT2D eigenvalue weighted by molar-refractivity contribution is 5.94. The molecule has 1 aliphatic heterocycles. The van der Waals surface area contributed by atoms with Crippen LogP contribution in [0, 0.1) is 0 Å². The van der Waals surface area contributed by atoms with E-state index in [2.05, 4.69) is 40.7 Å². The highest BCUT2D eigenvalue weighted by atomic mass is 16.6. The van der Waals surface area contributed by atoms with E-state index in [4.69, 9.17) is 10.5 Å². The number of nitrogen functional groups attached to an aromatic ring is 1. The summed E-state index contributed by atoms with van der Waals surface area (Å²) in [4.78, 5) is 15.0. The van der Waals surface area contributed by atoms with Gasteiger partial charge >= 0.3 is 0 Å². The number of methoxy groups -OCH3 is 1. The van der Waals surface area contributed by atoms with Crippen molar-refractivity contribution in [1.82, 2.24) is 35.6 Å². The van der Waals surface area contributed by atoms with Crippen LogP contribution >= 0.6 is 0 Å². The third-order valence-corrected chi connectivity index (χ3v) is 4.76. The van der Waals surface area contributed by atoms with Crippen molar-refractivity contribution in [3.05, 3.63) is 41.2 Å². The number of hydrazone groups is 1. The van der Waals surface area contributed by atoms with Crippen molar-refractivity contribution >= 4 is 17.9 Å². The summed E-state index contributed by atoms with van der Waals surface area (Å²) in [5, 5.41) is 19.4. The molecule has 0 aliphatic carbocycles. The number of nitrogens with two attached hydrogens (primary N) is 1. The van der Waals surface area contributed by atoms with E-state index in [-0.39, 0.29) is 17.3 Å². The molecule has 2 aromatic heterocycles. The molecule has 1 amide bonds. The number of aromatic nitrogens is 5. The normalized spacial score (nSPS) is 14.4. The molecule has 1 fully saturated rings. The number of likely N-dealkylation sites (tertiary alicyclic amines) is 1. The predicted octanol–water partition coefficient (Wildman–Crippen LogP) is 0.601. The zero-order chi connectivity index (χ0) is 20.9. The predicted molar refractivity (Wildman–Crippen MR) is 106 cm³/mol. The van der Waals surface area contributed by atoms with Gasteiger partial charge in [0.05, 0.1) is 19.0 Å². The molecule has 3 N–H and O–H groups in total. The number of anilines is 1. The third-order valence-electron chi connectivity index (χ3n) is 4.76. The number of rotatable bonds is 7. The Bertz CT molecular complexity index is 1050. The lowest BCUT2D eigenvalue weighted by Gasteiger charge is -2.15. The first-order valence-corrected chi connectivity index (χ1v) is 9.39. The molecule has 30 heavy (non-hydrogen) atoms. The number of ether oxygens (including phenoxy) is 1. The van der Waals surface area contributed by atoms with E-state index in [0.717, 1.165) is 31.5 Å². The van der Waals surface area contributed by atoms with E-state index in [0.29, 0.717) is 18.0 Å². The minimum Gasteiger partial charge on any atom is -0.496 e. The highest BCUT2D eigenvalue weighted by Crippen LogP contribution is 2.20. The van der Waals surface area contributed by atoms with Gasteiger partial charge in [0.1, 0.15) is 5.75 Å². The van der Waals surface area contributed by atoms with E-state index in [1.165, 1.54) is 10.9 Å². The van der Waals surface area contributed by atoms with Gasteiger partial charge in [-0.15, -0.1) is 5.10 Å². The van der Waals surface area contributed by atoms with Crippen molar-refractivity contribution in [2.75, 3.05) is 25.9 Å². The smallest absolute Gasteiger partial charge is 0.293 e. The van der Waals surface area contributed by atoms with Crippen LogP contribution in [0.2, 0.25) is 0 Å². The summed E-state index contributed by atoms with van der Waals surface area (Å²) in [5.74, 6) is 0.388. The lowest BCUT2D eigenvalue weighted by atomic mass is 10.2. The lowest BCUT2D eigenvalue weighted by Crippen LogP contribution is -2.25. The first-order valence-electron chi connectivity index (χ1n) is 9.39. The molecule has 0 radical (unpaired) electrons. The minimum atomic E-state index is -0.503. The SMILES string of the molecule is COc1ccccc1/C=N\NC(=O)c1nnn(-c2nonc2N)c1CN1CCCC1. The maximum atomic E-state index is 12.8. The molecular weight excluding hydrogens is 390 g/mol. The molecule has 3 heterocycles. The Morgan fingerprint density at radius 3 is 2.87 bits per heavy atom. The molecule has 1 saturated heterocycles. The first kappa shape index (κ1) is 19.5. The molecule has 1 aliphatic rings. The molecule has 0 atom stereocenters. The van der Waals surface area contributed by atoms with E-state index < -0.39 is 5.91 Å². The zero-order valence-corrected chi connectivity index (χ0v) is 16.4. The van der Waals surface area contributed by atoms with Crippen molar-refractivity contribution in [2.45, 2.75) is 19.4 Å². The molecule has 1 aromatic carbocycles. The second-order valence-corrected chi connectivity index (χ2v) is 6.69. The Kier molecular flexibility index (Phi) is 5.66. The van der Waals surface area contributed by atoms with Crippen LogP contribution in [-0.2, 0) is 6.54 Å². The number of hydrogen-bond donors (Lipinski definition) is 2. The quantitative estimate of drug-likeness (QED) is 0.421. The number of carbonyl (C=O) groups excluding carboxylic acids is 1. The van der Waals surface area contributed by atoms with E-state index in [9.17, 15) is 4.79 Å². The maximum Gasteiger partial charge on any atom is 0.293 e. The molecule has 156 valence electrons. The van der Waals surface area contributed by atoms with Gasteiger partial charge in [-0.05, 0) is 48.4 Å². The van der Waals surface area contributed by atoms with Crippen LogP contribution in [0.4, 0.5) is 5.82 Å². The van der Waals surface area contributed by atoms with Gasteiger partial charge in [0, 0.05) is 12.1 Å². The molecule has 3 aromatic rings. The fraction of sp³-hybridized carbons (Fsp3) is 0.333. The summed E-state index contributed by atoms with van der Waals surface area (Å²) in [7, 11) is 1.57. The van der Waals surface area contributed by atoms with Crippen molar-refractivity contribution < 1.29 is 14.2 Å². The second kappa shape index (κ2) is 8.69. The topological polar surface area (TPSA) is 150 Å². The number of carbonyl (C=O) groups is 1. The van der Waals surface area contributed by atoms with Crippen LogP contribution < -0.4 is 15.9 Å². The van der Waals surface area contributed by atoms with Gasteiger partial charge in [0.25, 0.3) is 5.91 Å². The van der Waals surface area contributed by atoms with E-state index in [1.54, 1.807) is 13.2 Å². The summed E-state index contributed by atoms with van der Waals surface area (Å²) in [5.41, 5.74) is 9.67. The van der Waals surface area contributed by atoms with Gasteiger partial charge < -0.3 is 10.5 Å². The summed E-state index contributed by atoms with van der Waals surface area (Å²) in [6.07, 6.45) is 3.70. The Morgan fingerprint density at radius 2 is 2.13 bits per heavy atom. The van der Waals surface area contributed by atoms with E-state index >= 15 is 0 Å². The average Bonchev–Trinajstić information content (AvgIpc) is 3.50. The molecule has 0 saturated carbocycles. The van der Waals surface area contributed by atoms with Crippen LogP contribution in [0.5, 0.6) is 5.75 Å². The molecule has 12 heteroatoms. The molecular formula is C18H21N9O3. The van der Waals surface area contributed by atoms with Crippen LogP contribution in [0.25, 0.3) is 5.82 Å². The molecule has 4 rings (SSSR count). The average molecular weight is 411 g/mol. The number of nitrogens with zero attached hydrogens (tertiary/aromatic N) is 7. The molecule has 12 nitrogen and oxygen atoms in total. The van der Waals surface area contributed by atoms with Crippen molar-refractivity contribution in [3.63, 3.8) is 0 Å². The van der Waals surface area contributed by atoms with Crippen molar-refractivity contribution in [2.24, 2.45) is 5.10 Å². The Morgan fingerprint density at radius 1 is 1.33 bits per heavy atom. The van der Waals surface area contributed by atoms with Crippen LogP contribution in [0.1, 0.15) is 34.6 Å². The maximum absolute atomic E-state index is 12.8. The van der Waals surface area contributed by atoms with Crippen molar-refractivity contribution in [1.29, 1.82) is 0 Å². The largest absolute Gasteiger partial charge is 0.496 e. The summed E-state index contributed by atoms with van der Waals surface area (Å²) < 4.78 is 11.3. The van der Waals surface area contributed by atoms with Gasteiger partial charge in [-0.2, -0.15) is 9.78 Å². The fourth-order valence-electron chi connectivity index (χ4n) is 3.27. The number of amides is 1. The number of para-hydroxylation sites is 1. The molecule has 0 unspecified atom stereocenters. The number of hydrogen-bond acceptors (Lipinski definition) is 10. The van der Waals surface area contributed by atoms with Gasteiger partial charge in [0.2, 0.25) is 11.6 Å². The monoisotopic (exact) mass is 411 g/mol. The number of benzene rings is 1. The highest BCUT2D eigenvalue weighted by Gasteiger charge is 2.26. The Hall–Kier alpha value is -3.80. The second-order valence-electron chi connectivity index (χ2n) is 6.69. The Labute approximate surface area is 171 Å². The number of nitrogens with one attached hydrogen (secondary N) is 1.